The molecule has 7 heteroatoms. The zero-order valence-corrected chi connectivity index (χ0v) is 19.1. The van der Waals surface area contributed by atoms with E-state index in [2.05, 4.69) is 43.3 Å². The van der Waals surface area contributed by atoms with Gasteiger partial charge in [0.05, 0.1) is 13.2 Å². The summed E-state index contributed by atoms with van der Waals surface area (Å²) >= 11 is 0. The highest BCUT2D eigenvalue weighted by atomic mass is 16.5. The van der Waals surface area contributed by atoms with Crippen molar-refractivity contribution in [3.05, 3.63) is 23.9 Å². The topological polar surface area (TPSA) is 78.9 Å². The molecule has 0 unspecified atom stereocenters. The molecular weight excluding hydrogens is 378 g/mol. The zero-order valence-electron chi connectivity index (χ0n) is 19.1. The standard InChI is InChI=1S/C23H39N5O2/c1-5-15-30-21-10-9-18(16-25-21)17-26-23(24-8-4)27-20-11-13-28(14-12-20)22(29)19(6-2)7-3/h9-10,16,19-20H,5-8,11-15,17H2,1-4H3,(H2,24,26,27). The van der Waals surface area contributed by atoms with Gasteiger partial charge in [0.15, 0.2) is 5.96 Å². The van der Waals surface area contributed by atoms with E-state index in [9.17, 15) is 4.79 Å². The third kappa shape index (κ3) is 7.50. The zero-order chi connectivity index (χ0) is 21.8. The van der Waals surface area contributed by atoms with E-state index in [1.807, 2.05) is 23.2 Å². The van der Waals surface area contributed by atoms with Gasteiger partial charge in [0.1, 0.15) is 0 Å². The van der Waals surface area contributed by atoms with Crippen LogP contribution in [0.3, 0.4) is 0 Å². The Morgan fingerprint density at radius 2 is 1.97 bits per heavy atom. The second-order valence-electron chi connectivity index (χ2n) is 7.81. The fourth-order valence-electron chi connectivity index (χ4n) is 3.62. The van der Waals surface area contributed by atoms with Gasteiger partial charge < -0.3 is 20.3 Å². The van der Waals surface area contributed by atoms with Crippen LogP contribution in [0.25, 0.3) is 0 Å². The van der Waals surface area contributed by atoms with Crippen LogP contribution in [0, 0.1) is 5.92 Å². The molecule has 1 amide bonds. The lowest BCUT2D eigenvalue weighted by Crippen LogP contribution is -2.50. The summed E-state index contributed by atoms with van der Waals surface area (Å²) in [7, 11) is 0. The summed E-state index contributed by atoms with van der Waals surface area (Å²) in [5.74, 6) is 1.96. The molecule has 30 heavy (non-hydrogen) atoms. The first-order chi connectivity index (χ1) is 14.6. The molecule has 0 aliphatic carbocycles. The molecule has 0 spiro atoms. The van der Waals surface area contributed by atoms with E-state index in [-0.39, 0.29) is 5.92 Å². The number of nitrogens with one attached hydrogen (secondary N) is 2. The predicted octanol–water partition coefficient (Wildman–Crippen LogP) is 3.35. The number of likely N-dealkylation sites (tertiary alicyclic amines) is 1. The molecule has 1 fully saturated rings. The van der Waals surface area contributed by atoms with Crippen molar-refractivity contribution in [1.82, 2.24) is 20.5 Å². The minimum atomic E-state index is 0.167. The van der Waals surface area contributed by atoms with Crippen LogP contribution in [0.1, 0.15) is 65.4 Å². The van der Waals surface area contributed by atoms with E-state index < -0.39 is 0 Å². The Bertz CT molecular complexity index is 650. The highest BCUT2D eigenvalue weighted by Gasteiger charge is 2.26. The lowest BCUT2D eigenvalue weighted by atomic mass is 9.98. The Kier molecular flexibility index (Phi) is 10.5. The van der Waals surface area contributed by atoms with Crippen molar-refractivity contribution >= 4 is 11.9 Å². The van der Waals surface area contributed by atoms with Gasteiger partial charge in [-0.1, -0.05) is 26.8 Å². The number of amides is 1. The van der Waals surface area contributed by atoms with Crippen LogP contribution in [0.4, 0.5) is 0 Å². The Balaban J connectivity index is 1.86. The molecule has 1 aliphatic heterocycles. The van der Waals surface area contributed by atoms with Crippen molar-refractivity contribution in [2.75, 3.05) is 26.2 Å². The Morgan fingerprint density at radius 1 is 1.23 bits per heavy atom. The Labute approximate surface area is 181 Å². The molecule has 168 valence electrons. The van der Waals surface area contributed by atoms with E-state index in [0.717, 1.165) is 63.3 Å². The quantitative estimate of drug-likeness (QED) is 0.451. The average molecular weight is 418 g/mol. The summed E-state index contributed by atoms with van der Waals surface area (Å²) in [6, 6.07) is 4.23. The van der Waals surface area contributed by atoms with Crippen molar-refractivity contribution in [3.63, 3.8) is 0 Å². The molecule has 0 saturated carbocycles. The van der Waals surface area contributed by atoms with E-state index in [1.54, 1.807) is 0 Å². The van der Waals surface area contributed by atoms with Gasteiger partial charge in [-0.3, -0.25) is 4.79 Å². The van der Waals surface area contributed by atoms with Crippen molar-refractivity contribution in [2.24, 2.45) is 10.9 Å². The molecule has 1 saturated heterocycles. The number of piperidine rings is 1. The van der Waals surface area contributed by atoms with Crippen molar-refractivity contribution < 1.29 is 9.53 Å². The molecule has 2 N–H and O–H groups in total. The van der Waals surface area contributed by atoms with Crippen LogP contribution in [0.15, 0.2) is 23.3 Å². The maximum atomic E-state index is 12.6. The summed E-state index contributed by atoms with van der Waals surface area (Å²) in [5, 5.41) is 6.86. The van der Waals surface area contributed by atoms with Gasteiger partial charge in [-0.15, -0.1) is 0 Å². The number of carbonyl (C=O) groups is 1. The first kappa shape index (κ1) is 24.0. The Morgan fingerprint density at radius 3 is 2.53 bits per heavy atom. The van der Waals surface area contributed by atoms with E-state index in [4.69, 9.17) is 9.73 Å². The first-order valence-corrected chi connectivity index (χ1v) is 11.5. The highest BCUT2D eigenvalue weighted by molar-refractivity contribution is 5.80. The van der Waals surface area contributed by atoms with E-state index in [0.29, 0.717) is 31.0 Å². The van der Waals surface area contributed by atoms with Gasteiger partial charge >= 0.3 is 0 Å². The van der Waals surface area contributed by atoms with E-state index >= 15 is 0 Å². The maximum Gasteiger partial charge on any atom is 0.225 e. The van der Waals surface area contributed by atoms with Crippen LogP contribution < -0.4 is 15.4 Å². The first-order valence-electron chi connectivity index (χ1n) is 11.5. The van der Waals surface area contributed by atoms with Crippen molar-refractivity contribution in [2.45, 2.75) is 72.4 Å². The van der Waals surface area contributed by atoms with Crippen LogP contribution in [0.2, 0.25) is 0 Å². The molecule has 1 aromatic heterocycles. The number of aliphatic imine (C=N–C) groups is 1. The van der Waals surface area contributed by atoms with Gasteiger partial charge in [-0.05, 0) is 44.6 Å². The summed E-state index contributed by atoms with van der Waals surface area (Å²) in [4.78, 5) is 23.7. The second-order valence-corrected chi connectivity index (χ2v) is 7.81. The fraction of sp³-hybridized carbons (Fsp3) is 0.696. The smallest absolute Gasteiger partial charge is 0.225 e. The molecule has 2 heterocycles. The summed E-state index contributed by atoms with van der Waals surface area (Å²) < 4.78 is 5.53. The molecule has 2 rings (SSSR count). The summed E-state index contributed by atoms with van der Waals surface area (Å²) in [6.45, 7) is 12.0. The van der Waals surface area contributed by atoms with Crippen molar-refractivity contribution in [1.29, 1.82) is 0 Å². The second kappa shape index (κ2) is 13.1. The number of carbonyl (C=O) groups excluding carboxylic acids is 1. The van der Waals surface area contributed by atoms with Gasteiger partial charge in [0, 0.05) is 43.9 Å². The summed E-state index contributed by atoms with van der Waals surface area (Å²) in [6.07, 6.45) is 6.52. The van der Waals surface area contributed by atoms with Gasteiger partial charge in [-0.2, -0.15) is 0 Å². The lowest BCUT2D eigenvalue weighted by Gasteiger charge is -2.34. The van der Waals surface area contributed by atoms with Crippen LogP contribution in [-0.4, -0.2) is 54.0 Å². The number of rotatable bonds is 10. The number of pyridine rings is 1. The summed E-state index contributed by atoms with van der Waals surface area (Å²) in [5.41, 5.74) is 1.04. The lowest BCUT2D eigenvalue weighted by molar-refractivity contribution is -0.136. The van der Waals surface area contributed by atoms with Crippen molar-refractivity contribution in [3.8, 4) is 5.88 Å². The molecule has 0 aromatic carbocycles. The maximum absolute atomic E-state index is 12.6. The molecule has 0 bridgehead atoms. The number of hydrogen-bond acceptors (Lipinski definition) is 4. The number of ether oxygens (including phenoxy) is 1. The molecule has 7 nitrogen and oxygen atoms in total. The van der Waals surface area contributed by atoms with Gasteiger partial charge in [-0.25, -0.2) is 9.98 Å². The number of hydrogen-bond donors (Lipinski definition) is 2. The number of guanidine groups is 1. The molecule has 0 radical (unpaired) electrons. The minimum Gasteiger partial charge on any atom is -0.478 e. The largest absolute Gasteiger partial charge is 0.478 e. The predicted molar refractivity (Wildman–Crippen MR) is 122 cm³/mol. The molecular formula is C23H39N5O2. The Hall–Kier alpha value is -2.31. The molecule has 0 atom stereocenters. The monoisotopic (exact) mass is 417 g/mol. The SMILES string of the molecule is CCCOc1ccc(CN=C(NCC)NC2CCN(C(=O)C(CC)CC)CC2)cn1. The minimum absolute atomic E-state index is 0.167. The average Bonchev–Trinajstić information content (AvgIpc) is 2.78. The van der Waals surface area contributed by atoms with Crippen LogP contribution in [-0.2, 0) is 11.3 Å². The number of nitrogens with zero attached hydrogens (tertiary/aromatic N) is 3. The fourth-order valence-corrected chi connectivity index (χ4v) is 3.62. The van der Waals surface area contributed by atoms with Crippen LogP contribution in [0.5, 0.6) is 5.88 Å². The number of aromatic nitrogens is 1. The highest BCUT2D eigenvalue weighted by Crippen LogP contribution is 2.17. The van der Waals surface area contributed by atoms with Gasteiger partial charge in [0.2, 0.25) is 11.8 Å². The molecule has 1 aliphatic rings. The molecule has 1 aromatic rings. The third-order valence-electron chi connectivity index (χ3n) is 5.50. The van der Waals surface area contributed by atoms with E-state index in [1.165, 1.54) is 0 Å². The van der Waals surface area contributed by atoms with Crippen LogP contribution >= 0.6 is 0 Å². The normalized spacial score (nSPS) is 15.4. The van der Waals surface area contributed by atoms with Gasteiger partial charge in [0.25, 0.3) is 0 Å². The third-order valence-corrected chi connectivity index (χ3v) is 5.50.